The number of ether oxygens (including phenoxy) is 1. The first kappa shape index (κ1) is 18.0. The zero-order valence-corrected chi connectivity index (χ0v) is 13.0. The van der Waals surface area contributed by atoms with E-state index in [0.29, 0.717) is 6.54 Å². The molecule has 0 saturated carbocycles. The van der Waals surface area contributed by atoms with E-state index in [1.54, 1.807) is 0 Å². The van der Waals surface area contributed by atoms with E-state index < -0.39 is 23.9 Å². The third-order valence-electron chi connectivity index (χ3n) is 4.10. The molecule has 0 aliphatic carbocycles. The zero-order chi connectivity index (χ0) is 17.0. The van der Waals surface area contributed by atoms with Crippen LogP contribution in [0.1, 0.15) is 18.9 Å². The standard InChI is InChI=1S/C16H22F3NO3/c1-11-6-7-20(9-14(11)22)8-12(21)10-23-15-5-3-2-4-13(15)16(17,18)19/h2-5,11-12,14,21-22H,6-10H2,1H3/t11-,12-,14+/m1/s1. The van der Waals surface area contributed by atoms with Crippen LogP contribution in [0, 0.1) is 5.92 Å². The molecule has 130 valence electrons. The van der Waals surface area contributed by atoms with E-state index in [2.05, 4.69) is 0 Å². The molecule has 7 heteroatoms. The fourth-order valence-electron chi connectivity index (χ4n) is 2.64. The molecule has 0 aromatic heterocycles. The van der Waals surface area contributed by atoms with Crippen LogP contribution in [-0.2, 0) is 6.18 Å². The molecule has 0 radical (unpaired) electrons. The SMILES string of the molecule is C[C@@H]1CCN(C[C@@H](O)COc2ccccc2C(F)(F)F)C[C@@H]1O. The third kappa shape index (κ3) is 5.09. The van der Waals surface area contributed by atoms with Crippen LogP contribution in [0.5, 0.6) is 5.75 Å². The van der Waals surface area contributed by atoms with Crippen molar-refractivity contribution in [2.24, 2.45) is 5.92 Å². The number of β-amino-alcohol motifs (C(OH)–C–C–N with tert-alkyl or cyclic N) is 2. The van der Waals surface area contributed by atoms with Crippen molar-refractivity contribution in [1.29, 1.82) is 0 Å². The van der Waals surface area contributed by atoms with Gasteiger partial charge in [-0.2, -0.15) is 13.2 Å². The Labute approximate surface area is 133 Å². The maximum Gasteiger partial charge on any atom is 0.419 e. The second-order valence-corrected chi connectivity index (χ2v) is 6.05. The topological polar surface area (TPSA) is 52.9 Å². The van der Waals surface area contributed by atoms with Gasteiger partial charge in [-0.3, -0.25) is 4.90 Å². The highest BCUT2D eigenvalue weighted by Crippen LogP contribution is 2.35. The Bertz CT molecular complexity index is 510. The molecule has 1 aliphatic heterocycles. The van der Waals surface area contributed by atoms with Gasteiger partial charge in [-0.15, -0.1) is 0 Å². The number of likely N-dealkylation sites (tertiary alicyclic amines) is 1. The molecule has 4 nitrogen and oxygen atoms in total. The van der Waals surface area contributed by atoms with E-state index in [9.17, 15) is 23.4 Å². The first-order valence-corrected chi connectivity index (χ1v) is 7.65. The molecule has 1 saturated heterocycles. The Kier molecular flexibility index (Phi) is 5.89. The van der Waals surface area contributed by atoms with Gasteiger partial charge in [0.05, 0.1) is 11.7 Å². The van der Waals surface area contributed by atoms with Crippen LogP contribution in [0.4, 0.5) is 13.2 Å². The van der Waals surface area contributed by atoms with Gasteiger partial charge in [0.15, 0.2) is 0 Å². The predicted octanol–water partition coefficient (Wildman–Crippen LogP) is 2.15. The number of hydrogen-bond acceptors (Lipinski definition) is 4. The summed E-state index contributed by atoms with van der Waals surface area (Å²) in [6.45, 7) is 3.20. The van der Waals surface area contributed by atoms with Crippen molar-refractivity contribution in [3.63, 3.8) is 0 Å². The monoisotopic (exact) mass is 333 g/mol. The molecule has 0 unspecified atom stereocenters. The number of piperidine rings is 1. The van der Waals surface area contributed by atoms with Gasteiger partial charge >= 0.3 is 6.18 Å². The second kappa shape index (κ2) is 7.51. The van der Waals surface area contributed by atoms with E-state index in [1.807, 2.05) is 11.8 Å². The largest absolute Gasteiger partial charge is 0.490 e. The van der Waals surface area contributed by atoms with Crippen LogP contribution < -0.4 is 4.74 Å². The van der Waals surface area contributed by atoms with Crippen molar-refractivity contribution in [3.8, 4) is 5.75 Å². The van der Waals surface area contributed by atoms with Gasteiger partial charge in [-0.1, -0.05) is 19.1 Å². The average Bonchev–Trinajstić information content (AvgIpc) is 2.48. The fourth-order valence-corrected chi connectivity index (χ4v) is 2.64. The van der Waals surface area contributed by atoms with Crippen LogP contribution in [0.25, 0.3) is 0 Å². The molecule has 1 aliphatic rings. The van der Waals surface area contributed by atoms with Gasteiger partial charge in [0.2, 0.25) is 0 Å². The summed E-state index contributed by atoms with van der Waals surface area (Å²) >= 11 is 0. The number of aliphatic hydroxyl groups is 2. The summed E-state index contributed by atoms with van der Waals surface area (Å²) in [4.78, 5) is 1.90. The molecule has 0 amide bonds. The average molecular weight is 333 g/mol. The second-order valence-electron chi connectivity index (χ2n) is 6.05. The lowest BCUT2D eigenvalue weighted by Crippen LogP contribution is -2.46. The molecule has 1 heterocycles. The van der Waals surface area contributed by atoms with Gasteiger partial charge in [0, 0.05) is 13.1 Å². The van der Waals surface area contributed by atoms with Gasteiger partial charge in [0.1, 0.15) is 18.5 Å². The molecule has 1 aromatic carbocycles. The van der Waals surface area contributed by atoms with Crippen molar-refractivity contribution in [2.75, 3.05) is 26.2 Å². The van der Waals surface area contributed by atoms with Crippen LogP contribution in [0.3, 0.4) is 0 Å². The summed E-state index contributed by atoms with van der Waals surface area (Å²) in [6.07, 6.45) is -5.03. The fraction of sp³-hybridized carbons (Fsp3) is 0.625. The number of rotatable bonds is 5. The van der Waals surface area contributed by atoms with Gasteiger partial charge in [-0.05, 0) is 31.0 Å². The zero-order valence-electron chi connectivity index (χ0n) is 13.0. The number of para-hydroxylation sites is 1. The third-order valence-corrected chi connectivity index (χ3v) is 4.10. The summed E-state index contributed by atoms with van der Waals surface area (Å²) < 4.78 is 43.7. The Morgan fingerprint density at radius 1 is 1.35 bits per heavy atom. The van der Waals surface area contributed by atoms with Gasteiger partial charge in [0.25, 0.3) is 0 Å². The summed E-state index contributed by atoms with van der Waals surface area (Å²) in [7, 11) is 0. The van der Waals surface area contributed by atoms with Crippen LogP contribution in [0.15, 0.2) is 24.3 Å². The Morgan fingerprint density at radius 2 is 2.04 bits per heavy atom. The predicted molar refractivity (Wildman–Crippen MR) is 79.2 cm³/mol. The molecule has 3 atom stereocenters. The molecule has 1 aromatic rings. The van der Waals surface area contributed by atoms with Crippen molar-refractivity contribution >= 4 is 0 Å². The lowest BCUT2D eigenvalue weighted by molar-refractivity contribution is -0.139. The highest BCUT2D eigenvalue weighted by Gasteiger charge is 2.34. The Hall–Kier alpha value is -1.31. The minimum absolute atomic E-state index is 0.221. The molecular formula is C16H22F3NO3. The van der Waals surface area contributed by atoms with Crippen molar-refractivity contribution in [3.05, 3.63) is 29.8 Å². The molecule has 0 spiro atoms. The highest BCUT2D eigenvalue weighted by atomic mass is 19.4. The van der Waals surface area contributed by atoms with E-state index in [0.717, 1.165) is 19.0 Å². The maximum atomic E-state index is 12.8. The van der Waals surface area contributed by atoms with Gasteiger partial charge < -0.3 is 14.9 Å². The molecule has 23 heavy (non-hydrogen) atoms. The molecular weight excluding hydrogens is 311 g/mol. The minimum Gasteiger partial charge on any atom is -0.490 e. The summed E-state index contributed by atoms with van der Waals surface area (Å²) in [5.74, 6) is -0.0651. The van der Waals surface area contributed by atoms with E-state index in [4.69, 9.17) is 4.74 Å². The van der Waals surface area contributed by atoms with E-state index >= 15 is 0 Å². The number of alkyl halides is 3. The number of halogens is 3. The maximum absolute atomic E-state index is 12.8. The first-order chi connectivity index (χ1) is 10.8. The van der Waals surface area contributed by atoms with Crippen LogP contribution in [-0.4, -0.2) is 53.6 Å². The minimum atomic E-state index is -4.49. The van der Waals surface area contributed by atoms with E-state index in [-0.39, 0.29) is 24.8 Å². The normalized spacial score (nSPS) is 24.4. The highest BCUT2D eigenvalue weighted by molar-refractivity contribution is 5.35. The smallest absolute Gasteiger partial charge is 0.419 e. The first-order valence-electron chi connectivity index (χ1n) is 7.65. The lowest BCUT2D eigenvalue weighted by atomic mass is 9.96. The van der Waals surface area contributed by atoms with Crippen molar-refractivity contribution in [2.45, 2.75) is 31.7 Å². The van der Waals surface area contributed by atoms with Crippen molar-refractivity contribution in [1.82, 2.24) is 4.90 Å². The summed E-state index contributed by atoms with van der Waals surface area (Å²) in [5.41, 5.74) is -0.852. The lowest BCUT2D eigenvalue weighted by Gasteiger charge is -2.35. The molecule has 1 fully saturated rings. The molecule has 2 rings (SSSR count). The van der Waals surface area contributed by atoms with Crippen LogP contribution >= 0.6 is 0 Å². The quantitative estimate of drug-likeness (QED) is 0.867. The summed E-state index contributed by atoms with van der Waals surface area (Å²) in [5, 5.41) is 19.8. The van der Waals surface area contributed by atoms with Crippen molar-refractivity contribution < 1.29 is 28.1 Å². The van der Waals surface area contributed by atoms with E-state index in [1.165, 1.54) is 18.2 Å². The molecule has 0 bridgehead atoms. The molecule has 2 N–H and O–H groups in total. The summed E-state index contributed by atoms with van der Waals surface area (Å²) in [6, 6.07) is 4.94. The number of benzene rings is 1. The number of nitrogens with zero attached hydrogens (tertiary/aromatic N) is 1. The van der Waals surface area contributed by atoms with Crippen LogP contribution in [0.2, 0.25) is 0 Å². The number of aliphatic hydroxyl groups excluding tert-OH is 2. The Balaban J connectivity index is 1.87. The Morgan fingerprint density at radius 3 is 2.70 bits per heavy atom. The van der Waals surface area contributed by atoms with Gasteiger partial charge in [-0.25, -0.2) is 0 Å². The number of hydrogen-bond donors (Lipinski definition) is 2.